The first-order valence-corrected chi connectivity index (χ1v) is 13.9. The van der Waals surface area contributed by atoms with E-state index in [0.29, 0.717) is 19.1 Å². The summed E-state index contributed by atoms with van der Waals surface area (Å²) in [4.78, 5) is 8.97. The van der Waals surface area contributed by atoms with Crippen molar-refractivity contribution in [3.63, 3.8) is 0 Å². The molecule has 0 bridgehead atoms. The van der Waals surface area contributed by atoms with Crippen LogP contribution in [0.5, 0.6) is 0 Å². The monoisotopic (exact) mass is 486 g/mol. The summed E-state index contributed by atoms with van der Waals surface area (Å²) < 4.78 is 28.9. The van der Waals surface area contributed by atoms with Gasteiger partial charge in [0.15, 0.2) is 0 Å². The van der Waals surface area contributed by atoms with Crippen LogP contribution in [0.25, 0.3) is 0 Å². The smallest absolute Gasteiger partial charge is 0.240 e. The van der Waals surface area contributed by atoms with Crippen LogP contribution in [0.4, 0.5) is 11.4 Å². The Hall–Kier alpha value is -2.20. The fraction of sp³-hybridized carbons (Fsp3) is 0.560. The molecule has 2 fully saturated rings. The number of aromatic nitrogens is 1. The molecule has 1 saturated carbocycles. The summed E-state index contributed by atoms with van der Waals surface area (Å²) in [6.07, 6.45) is 9.60. The van der Waals surface area contributed by atoms with Gasteiger partial charge in [0.2, 0.25) is 10.0 Å². The number of nitrogens with zero attached hydrogens (tertiary/aromatic N) is 3. The molecule has 34 heavy (non-hydrogen) atoms. The van der Waals surface area contributed by atoms with Crippen LogP contribution in [0.1, 0.15) is 37.7 Å². The van der Waals surface area contributed by atoms with Gasteiger partial charge >= 0.3 is 0 Å². The summed E-state index contributed by atoms with van der Waals surface area (Å²) in [6, 6.07) is 9.72. The SMILES string of the molecule is CN1CCN(CCNS(=O)(=O)c2ccc(NC3CCCCC3)c(NCc3ccncc3)c2)CC1. The van der Waals surface area contributed by atoms with Gasteiger partial charge in [-0.1, -0.05) is 19.3 Å². The lowest BCUT2D eigenvalue weighted by Gasteiger charge is -2.32. The molecule has 0 spiro atoms. The van der Waals surface area contributed by atoms with E-state index < -0.39 is 10.0 Å². The fourth-order valence-corrected chi connectivity index (χ4v) is 5.67. The fourth-order valence-electron chi connectivity index (χ4n) is 4.62. The summed E-state index contributed by atoms with van der Waals surface area (Å²) in [5, 5.41) is 7.10. The number of nitrogens with one attached hydrogen (secondary N) is 3. The third kappa shape index (κ3) is 7.15. The average molecular weight is 487 g/mol. The Labute approximate surface area is 204 Å². The van der Waals surface area contributed by atoms with Gasteiger partial charge in [-0.3, -0.25) is 9.88 Å². The van der Waals surface area contributed by atoms with Gasteiger partial charge in [0.25, 0.3) is 0 Å². The Balaban J connectivity index is 1.43. The molecule has 3 N–H and O–H groups in total. The van der Waals surface area contributed by atoms with Gasteiger partial charge < -0.3 is 15.5 Å². The standard InChI is InChI=1S/C25H38N6O2S/c1-30-15-17-31(18-16-30)14-13-28-34(32,33)23-7-8-24(29-22-5-3-2-4-6-22)25(19-23)27-20-21-9-11-26-12-10-21/h7-12,19,22,27-29H,2-6,13-18,20H2,1H3. The molecule has 1 aromatic heterocycles. The minimum absolute atomic E-state index is 0.289. The van der Waals surface area contributed by atoms with Crippen molar-refractivity contribution >= 4 is 21.4 Å². The molecule has 2 aromatic rings. The van der Waals surface area contributed by atoms with E-state index in [4.69, 9.17) is 0 Å². The second kappa shape index (κ2) is 12.0. The van der Waals surface area contributed by atoms with Crippen molar-refractivity contribution in [3.8, 4) is 0 Å². The van der Waals surface area contributed by atoms with E-state index in [1.807, 2.05) is 18.2 Å². The van der Waals surface area contributed by atoms with E-state index in [1.54, 1.807) is 24.5 Å². The summed E-state index contributed by atoms with van der Waals surface area (Å²) in [7, 11) is -1.47. The van der Waals surface area contributed by atoms with Crippen LogP contribution < -0.4 is 15.4 Å². The average Bonchev–Trinajstić information content (AvgIpc) is 2.86. The van der Waals surface area contributed by atoms with Crippen molar-refractivity contribution in [2.75, 3.05) is 56.9 Å². The maximum absolute atomic E-state index is 13.1. The van der Waals surface area contributed by atoms with Crippen molar-refractivity contribution < 1.29 is 8.42 Å². The number of benzene rings is 1. The third-order valence-electron chi connectivity index (χ3n) is 6.81. The molecule has 4 rings (SSSR count). The zero-order valence-electron chi connectivity index (χ0n) is 20.2. The van der Waals surface area contributed by atoms with E-state index >= 15 is 0 Å². The number of piperazine rings is 1. The Kier molecular flexibility index (Phi) is 8.77. The molecule has 0 atom stereocenters. The Morgan fingerprint density at radius 3 is 2.44 bits per heavy atom. The van der Waals surface area contributed by atoms with Gasteiger partial charge in [0.05, 0.1) is 16.3 Å². The zero-order valence-corrected chi connectivity index (χ0v) is 21.0. The van der Waals surface area contributed by atoms with Crippen molar-refractivity contribution in [2.45, 2.75) is 49.6 Å². The summed E-state index contributed by atoms with van der Waals surface area (Å²) in [6.45, 7) is 5.73. The van der Waals surface area contributed by atoms with Crippen molar-refractivity contribution in [2.24, 2.45) is 0 Å². The Bertz CT molecular complexity index is 1000. The predicted molar refractivity (Wildman–Crippen MR) is 138 cm³/mol. The van der Waals surface area contributed by atoms with Crippen molar-refractivity contribution in [3.05, 3.63) is 48.3 Å². The molecule has 2 aliphatic rings. The number of pyridine rings is 1. The first-order chi connectivity index (χ1) is 16.5. The van der Waals surface area contributed by atoms with E-state index in [-0.39, 0.29) is 4.90 Å². The Morgan fingerprint density at radius 1 is 0.971 bits per heavy atom. The summed E-state index contributed by atoms with van der Waals surface area (Å²) >= 11 is 0. The number of anilines is 2. The highest BCUT2D eigenvalue weighted by Gasteiger charge is 2.20. The molecule has 9 heteroatoms. The second-order valence-electron chi connectivity index (χ2n) is 9.44. The summed E-state index contributed by atoms with van der Waals surface area (Å²) in [5.41, 5.74) is 2.86. The lowest BCUT2D eigenvalue weighted by Crippen LogP contribution is -2.46. The highest BCUT2D eigenvalue weighted by molar-refractivity contribution is 7.89. The highest BCUT2D eigenvalue weighted by atomic mass is 32.2. The van der Waals surface area contributed by atoms with E-state index in [9.17, 15) is 8.42 Å². The van der Waals surface area contributed by atoms with Crippen LogP contribution in [0, 0.1) is 0 Å². The largest absolute Gasteiger partial charge is 0.381 e. The van der Waals surface area contributed by atoms with Crippen LogP contribution in [0.15, 0.2) is 47.6 Å². The number of sulfonamides is 1. The predicted octanol–water partition coefficient (Wildman–Crippen LogP) is 2.96. The molecule has 0 radical (unpaired) electrons. The number of likely N-dealkylation sites (N-methyl/N-ethyl adjacent to an activating group) is 1. The normalized spacial score (nSPS) is 18.6. The van der Waals surface area contributed by atoms with E-state index in [0.717, 1.165) is 62.5 Å². The number of rotatable bonds is 10. The van der Waals surface area contributed by atoms with Crippen molar-refractivity contribution in [1.82, 2.24) is 19.5 Å². The van der Waals surface area contributed by atoms with Crippen molar-refractivity contribution in [1.29, 1.82) is 0 Å². The van der Waals surface area contributed by atoms with Gasteiger partial charge in [0.1, 0.15) is 0 Å². The molecule has 1 aliphatic carbocycles. The highest BCUT2D eigenvalue weighted by Crippen LogP contribution is 2.29. The maximum Gasteiger partial charge on any atom is 0.240 e. The molecule has 0 unspecified atom stereocenters. The molecule has 1 saturated heterocycles. The molecule has 2 heterocycles. The Morgan fingerprint density at radius 2 is 1.71 bits per heavy atom. The third-order valence-corrected chi connectivity index (χ3v) is 8.27. The van der Waals surface area contributed by atoms with Gasteiger partial charge in [-0.25, -0.2) is 13.1 Å². The maximum atomic E-state index is 13.1. The van der Waals surface area contributed by atoms with Crippen LogP contribution in [-0.4, -0.2) is 75.6 Å². The second-order valence-corrected chi connectivity index (χ2v) is 11.2. The minimum Gasteiger partial charge on any atom is -0.381 e. The van der Waals surface area contributed by atoms with Crippen LogP contribution >= 0.6 is 0 Å². The van der Waals surface area contributed by atoms with E-state index in [1.165, 1.54) is 19.3 Å². The molecule has 0 amide bonds. The molecule has 1 aromatic carbocycles. The topological polar surface area (TPSA) is 89.6 Å². The lowest BCUT2D eigenvalue weighted by molar-refractivity contribution is 0.156. The molecule has 186 valence electrons. The zero-order chi connectivity index (χ0) is 23.8. The number of hydrogen-bond donors (Lipinski definition) is 3. The molecule has 1 aliphatic heterocycles. The minimum atomic E-state index is -3.59. The van der Waals surface area contributed by atoms with Gasteiger partial charge in [-0.2, -0.15) is 0 Å². The van der Waals surface area contributed by atoms with Crippen LogP contribution in [0.2, 0.25) is 0 Å². The van der Waals surface area contributed by atoms with Gasteiger partial charge in [-0.15, -0.1) is 0 Å². The first-order valence-electron chi connectivity index (χ1n) is 12.4. The molecular weight excluding hydrogens is 448 g/mol. The lowest BCUT2D eigenvalue weighted by atomic mass is 9.95. The van der Waals surface area contributed by atoms with Crippen LogP contribution in [-0.2, 0) is 16.6 Å². The quantitative estimate of drug-likeness (QED) is 0.476. The molecular formula is C25H38N6O2S. The van der Waals surface area contributed by atoms with Gasteiger partial charge in [-0.05, 0) is 55.8 Å². The van der Waals surface area contributed by atoms with Crippen LogP contribution in [0.3, 0.4) is 0 Å². The van der Waals surface area contributed by atoms with E-state index in [2.05, 4.69) is 37.2 Å². The summed E-state index contributed by atoms with van der Waals surface area (Å²) in [5.74, 6) is 0. The number of hydrogen-bond acceptors (Lipinski definition) is 7. The molecule has 8 nitrogen and oxygen atoms in total. The first kappa shape index (κ1) is 24.9. The van der Waals surface area contributed by atoms with Gasteiger partial charge in [0, 0.05) is 64.2 Å².